The Morgan fingerprint density at radius 3 is 2.82 bits per heavy atom. The highest BCUT2D eigenvalue weighted by Crippen LogP contribution is 2.23. The number of rotatable bonds is 2. The Morgan fingerprint density at radius 2 is 2.45 bits per heavy atom. The van der Waals surface area contributed by atoms with Gasteiger partial charge in [-0.05, 0) is 34.3 Å². The van der Waals surface area contributed by atoms with Crippen LogP contribution >= 0.6 is 27.3 Å². The molecule has 0 aromatic carbocycles. The summed E-state index contributed by atoms with van der Waals surface area (Å²) < 4.78 is 0.758. The van der Waals surface area contributed by atoms with E-state index in [9.17, 15) is 4.79 Å². The minimum absolute atomic E-state index is 0.230. The number of Topliss-reactive ketones (excluding diaryl/α,β-unsaturated/α-hetero) is 1. The molecule has 0 radical (unpaired) electrons. The third-order valence-corrected chi connectivity index (χ3v) is 3.07. The summed E-state index contributed by atoms with van der Waals surface area (Å²) in [5, 5.41) is 10.8. The number of aliphatic hydroxyl groups is 1. The van der Waals surface area contributed by atoms with Gasteiger partial charge in [0.1, 0.15) is 6.10 Å². The van der Waals surface area contributed by atoms with Crippen molar-refractivity contribution in [3.63, 3.8) is 0 Å². The Kier molecular flexibility index (Phi) is 2.81. The van der Waals surface area contributed by atoms with E-state index in [2.05, 4.69) is 15.9 Å². The summed E-state index contributed by atoms with van der Waals surface area (Å²) in [6.45, 7) is 1.47. The summed E-state index contributed by atoms with van der Waals surface area (Å²) in [7, 11) is 0. The number of aliphatic hydroxyl groups excluding tert-OH is 1. The fourth-order valence-corrected chi connectivity index (χ4v) is 2.25. The monoisotopic (exact) mass is 234 g/mol. The molecule has 0 aliphatic rings. The summed E-state index contributed by atoms with van der Waals surface area (Å²) >= 11 is 4.54. The molecule has 0 bridgehead atoms. The number of carbonyl (C=O) groups excluding carboxylic acids is 1. The molecule has 1 aromatic rings. The topological polar surface area (TPSA) is 37.3 Å². The number of hydrogen-bond donors (Lipinski definition) is 1. The van der Waals surface area contributed by atoms with Gasteiger partial charge in [-0.25, -0.2) is 0 Å². The molecule has 0 saturated carbocycles. The fourth-order valence-electron chi connectivity index (χ4n) is 0.659. The second-order valence-electron chi connectivity index (χ2n) is 2.14. The van der Waals surface area contributed by atoms with Crippen LogP contribution in [0.15, 0.2) is 15.9 Å². The van der Waals surface area contributed by atoms with Crippen LogP contribution in [0.4, 0.5) is 0 Å². The quantitative estimate of drug-likeness (QED) is 0.797. The lowest BCUT2D eigenvalue weighted by Gasteiger charge is -1.99. The third kappa shape index (κ3) is 1.89. The summed E-state index contributed by atoms with van der Waals surface area (Å²) in [5.41, 5.74) is 0. The average molecular weight is 235 g/mol. The lowest BCUT2D eigenvalue weighted by atomic mass is 10.2. The lowest BCUT2D eigenvalue weighted by Crippen LogP contribution is -2.14. The van der Waals surface area contributed by atoms with Crippen LogP contribution in [-0.2, 0) is 0 Å². The highest BCUT2D eigenvalue weighted by molar-refractivity contribution is 9.10. The summed E-state index contributed by atoms with van der Waals surface area (Å²) in [6, 6.07) is 1.79. The number of thiophene rings is 1. The maximum Gasteiger partial charge on any atom is 0.202 e. The largest absolute Gasteiger partial charge is 0.385 e. The molecule has 11 heavy (non-hydrogen) atoms. The fraction of sp³-hybridized carbons (Fsp3) is 0.286. The molecule has 1 rings (SSSR count). The van der Waals surface area contributed by atoms with Crippen molar-refractivity contribution in [2.45, 2.75) is 13.0 Å². The van der Waals surface area contributed by atoms with Gasteiger partial charge in [-0.1, -0.05) is 0 Å². The first-order valence-corrected chi connectivity index (χ1v) is 4.75. The van der Waals surface area contributed by atoms with Crippen LogP contribution < -0.4 is 0 Å². The Morgan fingerprint density at radius 1 is 1.82 bits per heavy atom. The van der Waals surface area contributed by atoms with Crippen LogP contribution in [0.25, 0.3) is 0 Å². The Hall–Kier alpha value is -0.190. The van der Waals surface area contributed by atoms with Crippen molar-refractivity contribution >= 4 is 33.0 Å². The van der Waals surface area contributed by atoms with Gasteiger partial charge < -0.3 is 5.11 Å². The highest BCUT2D eigenvalue weighted by atomic mass is 79.9. The van der Waals surface area contributed by atoms with Gasteiger partial charge in [-0.2, -0.15) is 0 Å². The molecular formula is C7H7BrO2S. The van der Waals surface area contributed by atoms with Gasteiger partial charge in [0.05, 0.1) is 4.88 Å². The van der Waals surface area contributed by atoms with Crippen LogP contribution in [0.1, 0.15) is 16.6 Å². The normalized spacial score (nSPS) is 13.0. The first-order valence-electron chi connectivity index (χ1n) is 3.08. The van der Waals surface area contributed by atoms with Crippen LogP contribution in [-0.4, -0.2) is 17.0 Å². The van der Waals surface area contributed by atoms with Gasteiger partial charge in [-0.15, -0.1) is 11.3 Å². The van der Waals surface area contributed by atoms with Gasteiger partial charge in [0, 0.05) is 4.47 Å². The molecule has 0 saturated heterocycles. The van der Waals surface area contributed by atoms with Crippen LogP contribution in [0.3, 0.4) is 0 Å². The van der Waals surface area contributed by atoms with E-state index in [-0.39, 0.29) is 5.78 Å². The zero-order valence-electron chi connectivity index (χ0n) is 5.87. The Bertz CT molecular complexity index is 267. The summed E-state index contributed by atoms with van der Waals surface area (Å²) in [4.78, 5) is 11.7. The van der Waals surface area contributed by atoms with Gasteiger partial charge in [-0.3, -0.25) is 4.79 Å². The number of halogens is 1. The van der Waals surface area contributed by atoms with E-state index in [1.165, 1.54) is 18.3 Å². The van der Waals surface area contributed by atoms with Crippen molar-refractivity contribution in [2.24, 2.45) is 0 Å². The molecule has 4 heteroatoms. The van der Waals surface area contributed by atoms with E-state index in [1.54, 1.807) is 11.4 Å². The number of carbonyl (C=O) groups is 1. The van der Waals surface area contributed by atoms with E-state index in [0.717, 1.165) is 4.47 Å². The molecule has 1 aromatic heterocycles. The van der Waals surface area contributed by atoms with Crippen LogP contribution in [0.5, 0.6) is 0 Å². The summed E-state index contributed by atoms with van der Waals surface area (Å²) in [6.07, 6.45) is -0.912. The molecule has 1 unspecified atom stereocenters. The molecular weight excluding hydrogens is 228 g/mol. The molecule has 0 aliphatic carbocycles. The molecule has 0 amide bonds. The average Bonchev–Trinajstić information content (AvgIpc) is 2.33. The molecule has 1 heterocycles. The molecule has 1 N–H and O–H groups in total. The van der Waals surface area contributed by atoms with Gasteiger partial charge in [0.25, 0.3) is 0 Å². The van der Waals surface area contributed by atoms with E-state index in [4.69, 9.17) is 5.11 Å². The zero-order chi connectivity index (χ0) is 8.43. The second kappa shape index (κ2) is 3.47. The maximum atomic E-state index is 11.2. The van der Waals surface area contributed by atoms with E-state index < -0.39 is 6.10 Å². The molecule has 2 nitrogen and oxygen atoms in total. The minimum atomic E-state index is -0.912. The van der Waals surface area contributed by atoms with Gasteiger partial charge in [0.15, 0.2) is 0 Å². The van der Waals surface area contributed by atoms with Gasteiger partial charge >= 0.3 is 0 Å². The van der Waals surface area contributed by atoms with Crippen LogP contribution in [0.2, 0.25) is 0 Å². The number of ketones is 1. The third-order valence-electron chi connectivity index (χ3n) is 1.22. The Labute approximate surface area is 77.0 Å². The minimum Gasteiger partial charge on any atom is -0.385 e. The first-order chi connectivity index (χ1) is 5.13. The first kappa shape index (κ1) is 8.90. The smallest absolute Gasteiger partial charge is 0.202 e. The van der Waals surface area contributed by atoms with Crippen molar-refractivity contribution in [3.05, 3.63) is 20.8 Å². The SMILES string of the molecule is CC(O)C(=O)c1sccc1Br. The van der Waals surface area contributed by atoms with Crippen molar-refractivity contribution in [2.75, 3.05) is 0 Å². The van der Waals surface area contributed by atoms with Gasteiger partial charge in [0.2, 0.25) is 5.78 Å². The predicted octanol–water partition coefficient (Wildman–Crippen LogP) is 2.07. The van der Waals surface area contributed by atoms with E-state index >= 15 is 0 Å². The van der Waals surface area contributed by atoms with Crippen molar-refractivity contribution in [1.82, 2.24) is 0 Å². The predicted molar refractivity (Wildman–Crippen MR) is 48.0 cm³/mol. The zero-order valence-corrected chi connectivity index (χ0v) is 8.28. The maximum absolute atomic E-state index is 11.2. The van der Waals surface area contributed by atoms with Crippen molar-refractivity contribution in [1.29, 1.82) is 0 Å². The lowest BCUT2D eigenvalue weighted by molar-refractivity contribution is 0.0783. The Balaban J connectivity index is 2.93. The second-order valence-corrected chi connectivity index (χ2v) is 3.91. The van der Waals surface area contributed by atoms with E-state index in [1.807, 2.05) is 0 Å². The standard InChI is InChI=1S/C7H7BrO2S/c1-4(9)6(10)7-5(8)2-3-11-7/h2-4,9H,1H3. The highest BCUT2D eigenvalue weighted by Gasteiger charge is 2.15. The van der Waals surface area contributed by atoms with Crippen molar-refractivity contribution in [3.8, 4) is 0 Å². The molecule has 60 valence electrons. The van der Waals surface area contributed by atoms with Crippen LogP contribution in [0, 0.1) is 0 Å². The molecule has 0 aliphatic heterocycles. The molecule has 1 atom stereocenters. The molecule has 0 spiro atoms. The number of hydrogen-bond acceptors (Lipinski definition) is 3. The van der Waals surface area contributed by atoms with E-state index in [0.29, 0.717) is 4.88 Å². The summed E-state index contributed by atoms with van der Waals surface area (Å²) in [5.74, 6) is -0.230. The molecule has 0 fully saturated rings. The van der Waals surface area contributed by atoms with Crippen molar-refractivity contribution < 1.29 is 9.90 Å².